The zero-order chi connectivity index (χ0) is 11.5. The third-order valence-electron chi connectivity index (χ3n) is 2.28. The van der Waals surface area contributed by atoms with Crippen LogP contribution in [-0.4, -0.2) is 5.97 Å². The highest BCUT2D eigenvalue weighted by molar-refractivity contribution is 5.87. The van der Waals surface area contributed by atoms with E-state index in [4.69, 9.17) is 0 Å². The fourth-order valence-corrected chi connectivity index (χ4v) is 1.47. The van der Waals surface area contributed by atoms with Gasteiger partial charge in [0.1, 0.15) is 5.82 Å². The molecule has 2 aromatic rings. The molecule has 0 saturated carbocycles. The smallest absolute Gasteiger partial charge is 0.123 e. The number of carboxylic acid groups (broad SMARTS) is 1. The van der Waals surface area contributed by atoms with Gasteiger partial charge in [-0.2, -0.15) is 0 Å². The van der Waals surface area contributed by atoms with Crippen LogP contribution in [0, 0.1) is 5.82 Å². The first kappa shape index (κ1) is 10.4. The summed E-state index contributed by atoms with van der Waals surface area (Å²) >= 11 is 0. The first-order chi connectivity index (χ1) is 7.66. The average Bonchev–Trinajstić information content (AvgIpc) is 2.30. The number of hydrogen-bond acceptors (Lipinski definition) is 2. The minimum absolute atomic E-state index is 0.113. The van der Waals surface area contributed by atoms with Gasteiger partial charge in [-0.25, -0.2) is 4.39 Å². The number of aromatic carboxylic acids is 1. The second-order valence-corrected chi connectivity index (χ2v) is 3.38. The van der Waals surface area contributed by atoms with Gasteiger partial charge in [0.25, 0.3) is 0 Å². The molecule has 0 aliphatic carbocycles. The van der Waals surface area contributed by atoms with E-state index in [1.54, 1.807) is 24.3 Å². The topological polar surface area (TPSA) is 40.1 Å². The maximum Gasteiger partial charge on any atom is 0.123 e. The largest absolute Gasteiger partial charge is 0.545 e. The lowest BCUT2D eigenvalue weighted by Crippen LogP contribution is -2.22. The Hall–Kier alpha value is -2.16. The second-order valence-electron chi connectivity index (χ2n) is 3.38. The first-order valence-electron chi connectivity index (χ1n) is 4.74. The van der Waals surface area contributed by atoms with E-state index in [0.29, 0.717) is 0 Å². The standard InChI is InChI=1S/C13H9FO2/c14-12-6-4-9(5-7-12)10-2-1-3-11(8-10)13(15)16/h1-8H,(H,15,16)/p-1. The summed E-state index contributed by atoms with van der Waals surface area (Å²) in [5.41, 5.74) is 1.60. The Labute approximate surface area is 92.0 Å². The van der Waals surface area contributed by atoms with Gasteiger partial charge in [0.2, 0.25) is 0 Å². The fourth-order valence-electron chi connectivity index (χ4n) is 1.47. The molecule has 0 radical (unpaired) electrons. The molecule has 0 unspecified atom stereocenters. The predicted octanol–water partition coefficient (Wildman–Crippen LogP) is 1.86. The number of hydrogen-bond donors (Lipinski definition) is 0. The molecule has 2 aromatic carbocycles. The molecule has 0 aromatic heterocycles. The van der Waals surface area contributed by atoms with E-state index in [-0.39, 0.29) is 11.4 Å². The van der Waals surface area contributed by atoms with Gasteiger partial charge >= 0.3 is 0 Å². The molecule has 0 aliphatic heterocycles. The highest BCUT2D eigenvalue weighted by Gasteiger charge is 2.00. The van der Waals surface area contributed by atoms with E-state index in [1.165, 1.54) is 24.3 Å². The third-order valence-corrected chi connectivity index (χ3v) is 2.28. The second kappa shape index (κ2) is 4.14. The van der Waals surface area contributed by atoms with Crippen molar-refractivity contribution in [2.24, 2.45) is 0 Å². The molecule has 80 valence electrons. The quantitative estimate of drug-likeness (QED) is 0.767. The number of benzene rings is 2. The zero-order valence-electron chi connectivity index (χ0n) is 8.31. The summed E-state index contributed by atoms with van der Waals surface area (Å²) in [6.45, 7) is 0. The lowest BCUT2D eigenvalue weighted by Gasteiger charge is -2.06. The van der Waals surface area contributed by atoms with E-state index in [0.717, 1.165) is 11.1 Å². The number of halogens is 1. The van der Waals surface area contributed by atoms with Crippen LogP contribution in [0.1, 0.15) is 10.4 Å². The predicted molar refractivity (Wildman–Crippen MR) is 56.2 cm³/mol. The van der Waals surface area contributed by atoms with Crippen molar-refractivity contribution < 1.29 is 14.3 Å². The Bertz CT molecular complexity index is 518. The van der Waals surface area contributed by atoms with Gasteiger partial charge in [-0.3, -0.25) is 0 Å². The summed E-state index contributed by atoms with van der Waals surface area (Å²) in [7, 11) is 0. The summed E-state index contributed by atoms with van der Waals surface area (Å²) in [5.74, 6) is -1.54. The van der Waals surface area contributed by atoms with E-state index >= 15 is 0 Å². The molecule has 0 fully saturated rings. The van der Waals surface area contributed by atoms with Crippen molar-refractivity contribution in [3.8, 4) is 11.1 Å². The molecule has 0 spiro atoms. The van der Waals surface area contributed by atoms with Gasteiger partial charge in [-0.05, 0) is 34.9 Å². The molecule has 0 bridgehead atoms. The third kappa shape index (κ3) is 2.08. The van der Waals surface area contributed by atoms with Crippen LogP contribution in [-0.2, 0) is 0 Å². The SMILES string of the molecule is O=C([O-])c1cccc(-c2ccc(F)cc2)c1. The number of carboxylic acids is 1. The van der Waals surface area contributed by atoms with E-state index in [1.807, 2.05) is 0 Å². The highest BCUT2D eigenvalue weighted by atomic mass is 19.1. The van der Waals surface area contributed by atoms with E-state index < -0.39 is 5.97 Å². The van der Waals surface area contributed by atoms with Crippen molar-refractivity contribution in [1.82, 2.24) is 0 Å². The van der Waals surface area contributed by atoms with Gasteiger partial charge in [0.05, 0.1) is 5.97 Å². The molecule has 3 heteroatoms. The lowest BCUT2D eigenvalue weighted by molar-refractivity contribution is -0.255. The lowest BCUT2D eigenvalue weighted by atomic mass is 10.0. The summed E-state index contributed by atoms with van der Waals surface area (Å²) in [6.07, 6.45) is 0. The fraction of sp³-hybridized carbons (Fsp3) is 0. The van der Waals surface area contributed by atoms with Crippen molar-refractivity contribution in [2.75, 3.05) is 0 Å². The van der Waals surface area contributed by atoms with Gasteiger partial charge in [0.15, 0.2) is 0 Å². The van der Waals surface area contributed by atoms with E-state index in [2.05, 4.69) is 0 Å². The molecule has 0 aliphatic rings. The van der Waals surface area contributed by atoms with Crippen LogP contribution in [0.15, 0.2) is 48.5 Å². The van der Waals surface area contributed by atoms with Crippen LogP contribution in [0.5, 0.6) is 0 Å². The van der Waals surface area contributed by atoms with Crippen LogP contribution in [0.4, 0.5) is 4.39 Å². The summed E-state index contributed by atoms with van der Waals surface area (Å²) < 4.78 is 12.7. The Morgan fingerprint density at radius 2 is 1.69 bits per heavy atom. The molecular formula is C13H8FO2-. The molecule has 0 heterocycles. The van der Waals surface area contributed by atoms with Gasteiger partial charge in [0, 0.05) is 0 Å². The van der Waals surface area contributed by atoms with Crippen molar-refractivity contribution in [3.05, 3.63) is 59.9 Å². The minimum atomic E-state index is -1.22. The first-order valence-corrected chi connectivity index (χ1v) is 4.74. The van der Waals surface area contributed by atoms with Crippen molar-refractivity contribution >= 4 is 5.97 Å². The summed E-state index contributed by atoms with van der Waals surface area (Å²) in [4.78, 5) is 10.7. The summed E-state index contributed by atoms with van der Waals surface area (Å²) in [6, 6.07) is 12.2. The average molecular weight is 215 g/mol. The normalized spacial score (nSPS) is 10.1. The zero-order valence-corrected chi connectivity index (χ0v) is 8.31. The monoisotopic (exact) mass is 215 g/mol. The Balaban J connectivity index is 2.44. The Morgan fingerprint density at radius 3 is 2.31 bits per heavy atom. The van der Waals surface area contributed by atoms with Crippen LogP contribution < -0.4 is 5.11 Å². The molecule has 0 saturated heterocycles. The van der Waals surface area contributed by atoms with Gasteiger partial charge < -0.3 is 9.90 Å². The molecule has 2 nitrogen and oxygen atoms in total. The molecular weight excluding hydrogens is 207 g/mol. The van der Waals surface area contributed by atoms with Crippen molar-refractivity contribution in [2.45, 2.75) is 0 Å². The Morgan fingerprint density at radius 1 is 1.00 bits per heavy atom. The molecule has 0 N–H and O–H groups in total. The summed E-state index contributed by atoms with van der Waals surface area (Å²) in [5, 5.41) is 10.7. The van der Waals surface area contributed by atoms with Gasteiger partial charge in [-0.15, -0.1) is 0 Å². The highest BCUT2D eigenvalue weighted by Crippen LogP contribution is 2.20. The maximum absolute atomic E-state index is 12.7. The molecule has 2 rings (SSSR count). The number of carbonyl (C=O) groups excluding carboxylic acids is 1. The van der Waals surface area contributed by atoms with Crippen LogP contribution in [0.2, 0.25) is 0 Å². The molecule has 0 amide bonds. The molecule has 0 atom stereocenters. The van der Waals surface area contributed by atoms with Crippen LogP contribution >= 0.6 is 0 Å². The number of carbonyl (C=O) groups is 1. The Kier molecular flexibility index (Phi) is 2.68. The molecule has 16 heavy (non-hydrogen) atoms. The van der Waals surface area contributed by atoms with Gasteiger partial charge in [-0.1, -0.05) is 30.3 Å². The van der Waals surface area contributed by atoms with Crippen LogP contribution in [0.25, 0.3) is 11.1 Å². The van der Waals surface area contributed by atoms with Crippen molar-refractivity contribution in [1.29, 1.82) is 0 Å². The van der Waals surface area contributed by atoms with Crippen LogP contribution in [0.3, 0.4) is 0 Å². The van der Waals surface area contributed by atoms with Crippen molar-refractivity contribution in [3.63, 3.8) is 0 Å². The minimum Gasteiger partial charge on any atom is -0.545 e. The maximum atomic E-state index is 12.7. The van der Waals surface area contributed by atoms with E-state index in [9.17, 15) is 14.3 Å². The number of rotatable bonds is 2.